The van der Waals surface area contributed by atoms with Gasteiger partial charge < -0.3 is 14.5 Å². The lowest BCUT2D eigenvalue weighted by molar-refractivity contribution is 0.0535. The van der Waals surface area contributed by atoms with E-state index in [0.717, 1.165) is 12.1 Å². The first kappa shape index (κ1) is 24.4. The summed E-state index contributed by atoms with van der Waals surface area (Å²) in [6, 6.07) is 7.43. The van der Waals surface area contributed by atoms with E-state index >= 15 is 0 Å². The monoisotopic (exact) mass is 483 g/mol. The first-order chi connectivity index (χ1) is 15.6. The number of ether oxygens (including phenoxy) is 1. The summed E-state index contributed by atoms with van der Waals surface area (Å²) >= 11 is 0. The number of sulfonamides is 1. The summed E-state index contributed by atoms with van der Waals surface area (Å²) in [4.78, 5) is 28.5. The van der Waals surface area contributed by atoms with Gasteiger partial charge in [-0.15, -0.1) is 0 Å². The van der Waals surface area contributed by atoms with E-state index < -0.39 is 27.6 Å². The van der Waals surface area contributed by atoms with Crippen LogP contribution >= 0.6 is 0 Å². The molecule has 0 radical (unpaired) electrons. The average molecular weight is 484 g/mol. The minimum absolute atomic E-state index is 0. The zero-order valence-electron chi connectivity index (χ0n) is 18.3. The van der Waals surface area contributed by atoms with Crippen molar-refractivity contribution in [3.63, 3.8) is 0 Å². The third-order valence-corrected chi connectivity index (χ3v) is 6.68. The fraction of sp³-hybridized carbons (Fsp3) is 0.364. The number of carbonyl (C=O) groups excluding carboxylic acids is 2. The predicted octanol–water partition coefficient (Wildman–Crippen LogP) is 2.97. The van der Waals surface area contributed by atoms with Gasteiger partial charge in [0.15, 0.2) is 11.6 Å². The number of anilines is 1. The van der Waals surface area contributed by atoms with Crippen LogP contribution in [0.4, 0.5) is 14.5 Å². The van der Waals surface area contributed by atoms with Crippen LogP contribution in [-0.4, -0.2) is 69.1 Å². The highest BCUT2D eigenvalue weighted by atomic mass is 32.2. The topological polar surface area (TPSA) is 96.0 Å². The fourth-order valence-electron chi connectivity index (χ4n) is 3.50. The molecule has 2 aromatic carbocycles. The van der Waals surface area contributed by atoms with Crippen LogP contribution in [-0.2, 0) is 10.0 Å². The van der Waals surface area contributed by atoms with Crippen molar-refractivity contribution in [3.8, 4) is 5.75 Å². The molecule has 1 aliphatic rings. The molecule has 3 rings (SSSR count). The molecule has 1 saturated heterocycles. The summed E-state index contributed by atoms with van der Waals surface area (Å²) in [6.07, 6.45) is 0.457. The van der Waals surface area contributed by atoms with E-state index in [1.165, 1.54) is 36.3 Å². The molecule has 0 saturated carbocycles. The number of amides is 2. The summed E-state index contributed by atoms with van der Waals surface area (Å²) in [5.74, 6) is -2.68. The van der Waals surface area contributed by atoms with Crippen LogP contribution in [0.2, 0.25) is 0 Å². The van der Waals surface area contributed by atoms with Crippen molar-refractivity contribution in [1.29, 1.82) is 0 Å². The molecule has 0 unspecified atom stereocenters. The van der Waals surface area contributed by atoms with Gasteiger partial charge in [0.05, 0.1) is 18.6 Å². The van der Waals surface area contributed by atoms with Gasteiger partial charge in [0, 0.05) is 38.7 Å². The van der Waals surface area contributed by atoms with E-state index in [1.54, 1.807) is 11.8 Å². The Morgan fingerprint density at radius 1 is 0.970 bits per heavy atom. The van der Waals surface area contributed by atoms with Gasteiger partial charge in [-0.2, -0.15) is 0 Å². The Morgan fingerprint density at radius 2 is 1.52 bits per heavy atom. The lowest BCUT2D eigenvalue weighted by Gasteiger charge is -2.35. The van der Waals surface area contributed by atoms with Crippen LogP contribution < -0.4 is 9.46 Å². The van der Waals surface area contributed by atoms with Crippen molar-refractivity contribution in [2.45, 2.75) is 13.3 Å². The summed E-state index contributed by atoms with van der Waals surface area (Å²) in [5, 5.41) is 0. The number of benzene rings is 2. The second-order valence-electron chi connectivity index (χ2n) is 7.55. The van der Waals surface area contributed by atoms with Crippen molar-refractivity contribution in [2.75, 3.05) is 43.8 Å². The minimum atomic E-state index is -3.52. The SMILES string of the molecule is CCCS(=O)(=O)Nc1ccc(C(=O)N2CCN(C(=O)c3ccc(F)c(F)c3)CC2)cc1OC.[HH]. The van der Waals surface area contributed by atoms with E-state index in [9.17, 15) is 26.8 Å². The van der Waals surface area contributed by atoms with Gasteiger partial charge in [-0.05, 0) is 42.8 Å². The second kappa shape index (κ2) is 10.2. The van der Waals surface area contributed by atoms with Crippen molar-refractivity contribution in [2.24, 2.45) is 0 Å². The van der Waals surface area contributed by atoms with E-state index in [4.69, 9.17) is 4.74 Å². The molecule has 2 amide bonds. The van der Waals surface area contributed by atoms with Crippen LogP contribution in [0.15, 0.2) is 36.4 Å². The van der Waals surface area contributed by atoms with E-state index in [-0.39, 0.29) is 56.3 Å². The molecule has 11 heteroatoms. The minimum Gasteiger partial charge on any atom is -0.495 e. The molecule has 1 fully saturated rings. The van der Waals surface area contributed by atoms with Crippen LogP contribution in [0.25, 0.3) is 0 Å². The summed E-state index contributed by atoms with van der Waals surface area (Å²) in [7, 11) is -2.14. The molecule has 0 atom stereocenters. The van der Waals surface area contributed by atoms with Gasteiger partial charge in [0.25, 0.3) is 11.8 Å². The van der Waals surface area contributed by atoms with Gasteiger partial charge in [0.1, 0.15) is 5.75 Å². The van der Waals surface area contributed by atoms with Crippen molar-refractivity contribution in [1.82, 2.24) is 9.80 Å². The number of piperazine rings is 1. The van der Waals surface area contributed by atoms with E-state index in [0.29, 0.717) is 12.0 Å². The summed E-state index contributed by atoms with van der Waals surface area (Å²) in [6.45, 7) is 2.72. The maximum atomic E-state index is 13.4. The third kappa shape index (κ3) is 5.78. The highest BCUT2D eigenvalue weighted by Gasteiger charge is 2.26. The maximum absolute atomic E-state index is 13.4. The van der Waals surface area contributed by atoms with Gasteiger partial charge in [-0.3, -0.25) is 14.3 Å². The number of nitrogens with zero attached hydrogens (tertiary/aromatic N) is 2. The van der Waals surface area contributed by atoms with Gasteiger partial charge >= 0.3 is 0 Å². The van der Waals surface area contributed by atoms with Gasteiger partial charge in [0.2, 0.25) is 10.0 Å². The molecule has 0 spiro atoms. The molecule has 1 aliphatic heterocycles. The molecule has 33 heavy (non-hydrogen) atoms. The Labute approximate surface area is 192 Å². The van der Waals surface area contributed by atoms with E-state index in [2.05, 4.69) is 4.72 Å². The first-order valence-electron chi connectivity index (χ1n) is 10.4. The normalized spacial score (nSPS) is 14.2. The summed E-state index contributed by atoms with van der Waals surface area (Å²) < 4.78 is 58.3. The highest BCUT2D eigenvalue weighted by Crippen LogP contribution is 2.27. The highest BCUT2D eigenvalue weighted by molar-refractivity contribution is 7.92. The van der Waals surface area contributed by atoms with Crippen molar-refractivity contribution < 1.29 is 33.0 Å². The Hall–Kier alpha value is -3.21. The second-order valence-corrected chi connectivity index (χ2v) is 9.39. The number of methoxy groups -OCH3 is 1. The van der Waals surface area contributed by atoms with Crippen LogP contribution in [0, 0.1) is 11.6 Å². The molecule has 1 heterocycles. The van der Waals surface area contributed by atoms with Crippen LogP contribution in [0.3, 0.4) is 0 Å². The molecule has 1 N–H and O–H groups in total. The number of carbonyl (C=O) groups is 2. The molecule has 2 aromatic rings. The molecule has 0 aliphatic carbocycles. The summed E-state index contributed by atoms with van der Waals surface area (Å²) in [5.41, 5.74) is 0.592. The Bertz CT molecular complexity index is 1160. The van der Waals surface area contributed by atoms with Crippen LogP contribution in [0.5, 0.6) is 5.75 Å². The number of rotatable bonds is 7. The number of nitrogens with one attached hydrogen (secondary N) is 1. The van der Waals surface area contributed by atoms with Gasteiger partial charge in [-0.1, -0.05) is 6.92 Å². The smallest absolute Gasteiger partial charge is 0.254 e. The number of hydrogen-bond donors (Lipinski definition) is 1. The maximum Gasteiger partial charge on any atom is 0.254 e. The predicted molar refractivity (Wildman–Crippen MR) is 121 cm³/mol. The standard InChI is InChI=1S/C22H25F2N3O5S.H2/c1-3-12-33(30,31)25-19-7-5-16(14-20(19)32-2)22(29)27-10-8-26(9-11-27)21(28)15-4-6-17(23)18(24)13-15;/h4-7,13-14,25H,3,8-12H2,1-2H3;1H. The van der Waals surface area contributed by atoms with Crippen LogP contribution in [0.1, 0.15) is 35.5 Å². The number of hydrogen-bond acceptors (Lipinski definition) is 5. The third-order valence-electron chi connectivity index (χ3n) is 5.21. The Balaban J connectivity index is 0.00000408. The molecule has 0 aromatic heterocycles. The zero-order valence-corrected chi connectivity index (χ0v) is 19.1. The van der Waals surface area contributed by atoms with Gasteiger partial charge in [-0.25, -0.2) is 17.2 Å². The fourth-order valence-corrected chi connectivity index (χ4v) is 4.65. The quantitative estimate of drug-likeness (QED) is 0.653. The van der Waals surface area contributed by atoms with E-state index in [1.807, 2.05) is 0 Å². The lowest BCUT2D eigenvalue weighted by atomic mass is 10.1. The van der Waals surface area contributed by atoms with Crippen molar-refractivity contribution >= 4 is 27.5 Å². The lowest BCUT2D eigenvalue weighted by Crippen LogP contribution is -2.50. The molecule has 180 valence electrons. The largest absolute Gasteiger partial charge is 0.495 e. The molecular formula is C22H27F2N3O5S. The van der Waals surface area contributed by atoms with Crippen molar-refractivity contribution in [3.05, 3.63) is 59.2 Å². The average Bonchev–Trinajstić information content (AvgIpc) is 2.80. The molecule has 8 nitrogen and oxygen atoms in total. The first-order valence-corrected chi connectivity index (χ1v) is 12.0. The Kier molecular flexibility index (Phi) is 7.52. The zero-order chi connectivity index (χ0) is 24.2. The molecule has 0 bridgehead atoms. The number of halogens is 2. The molecular weight excluding hydrogens is 456 g/mol. The Morgan fingerprint density at radius 3 is 2.03 bits per heavy atom.